The van der Waals surface area contributed by atoms with E-state index in [-0.39, 0.29) is 0 Å². The second-order valence-corrected chi connectivity index (χ2v) is 15.9. The van der Waals surface area contributed by atoms with E-state index in [1.54, 1.807) is 7.11 Å². The Morgan fingerprint density at radius 3 is 1.46 bits per heavy atom. The topological polar surface area (TPSA) is 89.6 Å². The molecule has 6 aromatic rings. The number of thiocarbonyl (C=S) groups is 2. The van der Waals surface area contributed by atoms with Crippen LogP contribution in [0.4, 0.5) is 22.7 Å². The third kappa shape index (κ3) is 10.3. The number of anilines is 4. The molecule has 8 rings (SSSR count). The number of hydrogen-bond acceptors (Lipinski definition) is 7. The average Bonchev–Trinajstić information content (AvgIpc) is 3.23. The van der Waals surface area contributed by atoms with Crippen molar-refractivity contribution in [2.75, 3.05) is 53.7 Å². The fraction of sp³-hybridized carbons (Fsp3) is 0.273. The molecule has 2 aliphatic rings. The van der Waals surface area contributed by atoms with Crippen molar-refractivity contribution < 1.29 is 4.74 Å². The summed E-state index contributed by atoms with van der Waals surface area (Å²) in [5, 5.41) is 18.3. The number of halogens is 2. The molecule has 0 aliphatic carbocycles. The van der Waals surface area contributed by atoms with E-state index in [0.717, 1.165) is 90.8 Å². The Morgan fingerprint density at radius 2 is 1.04 bits per heavy atom. The summed E-state index contributed by atoms with van der Waals surface area (Å²) in [6, 6.07) is 32.8. The lowest BCUT2D eigenvalue weighted by molar-refractivity contribution is 0.415. The van der Waals surface area contributed by atoms with Gasteiger partial charge in [-0.15, -0.1) is 0 Å². The van der Waals surface area contributed by atoms with Gasteiger partial charge in [0.15, 0.2) is 10.2 Å². The first-order valence-electron chi connectivity index (χ1n) is 19.2. The highest BCUT2D eigenvalue weighted by atomic mass is 35.5. The minimum atomic E-state index is 0.348. The standard InChI is InChI=1S/C22H23ClN4OS.C22H23ClN4S/c1-28-17-7-5-15(6-8-17)25-22(29)26-16-10-13-27(14-11-16)20-9-12-24-21-18(20)3-2-4-19(21)23;1-15-5-7-16(8-6-15)25-22(28)26-17-10-13-27(14-11-17)20-9-12-24-21-18(20)3-2-4-19(21)23/h2-9,12,16H,10-11,13-14H2,1H3,(H2,25,26,29);2-9,12,17H,10-11,13-14H2,1H3,(H2,25,26,28). The molecule has 0 spiro atoms. The maximum absolute atomic E-state index is 6.31. The minimum Gasteiger partial charge on any atom is -0.497 e. The van der Waals surface area contributed by atoms with Gasteiger partial charge >= 0.3 is 0 Å². The van der Waals surface area contributed by atoms with E-state index in [4.69, 9.17) is 52.4 Å². The Balaban J connectivity index is 0.000000174. The normalized spacial score (nSPS) is 14.7. The van der Waals surface area contributed by atoms with Crippen LogP contribution >= 0.6 is 47.6 Å². The zero-order chi connectivity index (χ0) is 39.7. The minimum absolute atomic E-state index is 0.348. The van der Waals surface area contributed by atoms with Crippen molar-refractivity contribution in [3.63, 3.8) is 0 Å². The molecule has 0 radical (unpaired) electrons. The number of nitrogens with zero attached hydrogens (tertiary/aromatic N) is 4. The molecule has 57 heavy (non-hydrogen) atoms. The van der Waals surface area contributed by atoms with Crippen LogP contribution in [-0.4, -0.2) is 65.6 Å². The summed E-state index contributed by atoms with van der Waals surface area (Å²) >= 11 is 23.6. The first kappa shape index (κ1) is 40.3. The molecule has 294 valence electrons. The summed E-state index contributed by atoms with van der Waals surface area (Å²) in [5.41, 5.74) is 7.31. The van der Waals surface area contributed by atoms with Crippen molar-refractivity contribution in [2.24, 2.45) is 0 Å². The van der Waals surface area contributed by atoms with E-state index in [9.17, 15) is 0 Å². The van der Waals surface area contributed by atoms with Crippen LogP contribution in [0.3, 0.4) is 0 Å². The number of aromatic nitrogens is 2. The fourth-order valence-electron chi connectivity index (χ4n) is 7.35. The van der Waals surface area contributed by atoms with Crippen LogP contribution in [0.1, 0.15) is 31.2 Å². The summed E-state index contributed by atoms with van der Waals surface area (Å²) in [5.74, 6) is 0.826. The Bertz CT molecular complexity index is 2310. The van der Waals surface area contributed by atoms with Crippen molar-refractivity contribution >= 4 is 102 Å². The molecule has 0 bridgehead atoms. The molecule has 13 heteroatoms. The zero-order valence-corrected chi connectivity index (χ0v) is 35.1. The van der Waals surface area contributed by atoms with Gasteiger partial charge in [-0.05, 0) is 118 Å². The van der Waals surface area contributed by atoms with Crippen LogP contribution < -0.4 is 35.8 Å². The SMILES string of the molecule is COc1ccc(NC(=S)NC2CCN(c3ccnc4c(Cl)cccc34)CC2)cc1.Cc1ccc(NC(=S)NC2CCN(c3ccnc4c(Cl)cccc34)CC2)cc1. The molecule has 4 heterocycles. The maximum Gasteiger partial charge on any atom is 0.170 e. The number of piperidine rings is 2. The summed E-state index contributed by atoms with van der Waals surface area (Å²) in [4.78, 5) is 13.7. The molecule has 2 saturated heterocycles. The number of ether oxygens (including phenoxy) is 1. The summed E-state index contributed by atoms with van der Waals surface area (Å²) in [6.45, 7) is 5.92. The number of aryl methyl sites for hydroxylation is 1. The average molecular weight is 838 g/mol. The molecule has 0 unspecified atom stereocenters. The number of fused-ring (bicyclic) bond motifs is 2. The molecule has 4 N–H and O–H groups in total. The van der Waals surface area contributed by atoms with Gasteiger partial charge in [-0.2, -0.15) is 0 Å². The van der Waals surface area contributed by atoms with Crippen molar-refractivity contribution in [3.05, 3.63) is 125 Å². The number of hydrogen-bond donors (Lipinski definition) is 4. The second kappa shape index (κ2) is 19.0. The van der Waals surface area contributed by atoms with E-state index >= 15 is 0 Å². The number of pyridine rings is 2. The van der Waals surface area contributed by atoms with Crippen LogP contribution in [0, 0.1) is 6.92 Å². The lowest BCUT2D eigenvalue weighted by Crippen LogP contribution is -2.46. The molecular formula is C44H46Cl2N8OS2. The Hall–Kier alpha value is -4.94. The van der Waals surface area contributed by atoms with Crippen LogP contribution in [-0.2, 0) is 0 Å². The molecule has 9 nitrogen and oxygen atoms in total. The van der Waals surface area contributed by atoms with E-state index in [2.05, 4.69) is 84.4 Å². The van der Waals surface area contributed by atoms with Gasteiger partial charge in [0.1, 0.15) is 5.75 Å². The van der Waals surface area contributed by atoms with Gasteiger partial charge in [0.05, 0.1) is 28.2 Å². The number of nitrogens with one attached hydrogen (secondary N) is 4. The third-order valence-corrected chi connectivity index (χ3v) is 11.4. The number of rotatable bonds is 7. The summed E-state index contributed by atoms with van der Waals surface area (Å²) < 4.78 is 5.18. The first-order chi connectivity index (χ1) is 27.7. The largest absolute Gasteiger partial charge is 0.497 e. The molecule has 2 fully saturated rings. The highest BCUT2D eigenvalue weighted by molar-refractivity contribution is 7.80. The van der Waals surface area contributed by atoms with E-state index < -0.39 is 0 Å². The summed E-state index contributed by atoms with van der Waals surface area (Å²) in [6.07, 6.45) is 7.75. The molecule has 2 aliphatic heterocycles. The third-order valence-electron chi connectivity index (χ3n) is 10.4. The molecule has 0 saturated carbocycles. The van der Waals surface area contributed by atoms with Crippen LogP contribution in [0.15, 0.2) is 109 Å². The smallest absolute Gasteiger partial charge is 0.170 e. The zero-order valence-electron chi connectivity index (χ0n) is 32.0. The Labute approximate surface area is 355 Å². The Kier molecular flexibility index (Phi) is 13.4. The van der Waals surface area contributed by atoms with E-state index in [1.807, 2.05) is 73.1 Å². The fourth-order valence-corrected chi connectivity index (χ4v) is 8.36. The number of para-hydroxylation sites is 2. The molecule has 0 amide bonds. The van der Waals surface area contributed by atoms with E-state index in [1.165, 1.54) is 16.9 Å². The van der Waals surface area contributed by atoms with Gasteiger partial charge in [0.25, 0.3) is 0 Å². The van der Waals surface area contributed by atoms with Gasteiger partial charge in [-0.1, -0.05) is 65.2 Å². The molecule has 0 atom stereocenters. The van der Waals surface area contributed by atoms with Crippen molar-refractivity contribution in [1.29, 1.82) is 0 Å². The van der Waals surface area contributed by atoms with Crippen molar-refractivity contribution in [3.8, 4) is 5.75 Å². The van der Waals surface area contributed by atoms with Crippen LogP contribution in [0.25, 0.3) is 21.8 Å². The van der Waals surface area contributed by atoms with Crippen LogP contribution in [0.2, 0.25) is 10.0 Å². The van der Waals surface area contributed by atoms with Gasteiger partial charge in [-0.25, -0.2) is 0 Å². The highest BCUT2D eigenvalue weighted by Gasteiger charge is 2.23. The first-order valence-corrected chi connectivity index (χ1v) is 20.7. The summed E-state index contributed by atoms with van der Waals surface area (Å²) in [7, 11) is 1.66. The number of methoxy groups -OCH3 is 1. The Morgan fingerprint density at radius 1 is 0.614 bits per heavy atom. The second-order valence-electron chi connectivity index (χ2n) is 14.2. The van der Waals surface area contributed by atoms with Gasteiger partial charge in [-0.3, -0.25) is 9.97 Å². The number of benzene rings is 4. The molecular weight excluding hydrogens is 792 g/mol. The van der Waals surface area contributed by atoms with E-state index in [0.29, 0.717) is 32.4 Å². The van der Waals surface area contributed by atoms with Gasteiger partial charge in [0, 0.05) is 84.2 Å². The lowest BCUT2D eigenvalue weighted by Gasteiger charge is -2.35. The monoisotopic (exact) mass is 836 g/mol. The van der Waals surface area contributed by atoms with Gasteiger partial charge < -0.3 is 35.8 Å². The van der Waals surface area contributed by atoms with Crippen LogP contribution in [0.5, 0.6) is 5.75 Å². The molecule has 2 aromatic heterocycles. The van der Waals surface area contributed by atoms with Crippen molar-refractivity contribution in [2.45, 2.75) is 44.7 Å². The molecule has 4 aromatic carbocycles. The lowest BCUT2D eigenvalue weighted by atomic mass is 10.0. The van der Waals surface area contributed by atoms with Crippen molar-refractivity contribution in [1.82, 2.24) is 20.6 Å². The maximum atomic E-state index is 6.31. The quantitative estimate of drug-likeness (QED) is 0.116. The highest BCUT2D eigenvalue weighted by Crippen LogP contribution is 2.33. The van der Waals surface area contributed by atoms with Gasteiger partial charge in [0.2, 0.25) is 0 Å². The predicted molar refractivity (Wildman–Crippen MR) is 247 cm³/mol. The predicted octanol–water partition coefficient (Wildman–Crippen LogP) is 10.0.